The zero-order chi connectivity index (χ0) is 20.7. The molecule has 0 bridgehead atoms. The van der Waals surface area contributed by atoms with Crippen LogP contribution >= 0.6 is 0 Å². The van der Waals surface area contributed by atoms with E-state index in [9.17, 15) is 22.8 Å². The molecule has 152 valence electrons. The van der Waals surface area contributed by atoms with Gasteiger partial charge in [-0.3, -0.25) is 9.59 Å². The number of rotatable bonds is 8. The maximum Gasteiger partial charge on any atom is 0.416 e. The monoisotopic (exact) mass is 399 g/mol. The van der Waals surface area contributed by atoms with Gasteiger partial charge in [0.05, 0.1) is 5.56 Å². The number of nitrogens with one attached hydrogen (secondary N) is 1. The molecule has 28 heavy (non-hydrogen) atoms. The summed E-state index contributed by atoms with van der Waals surface area (Å²) < 4.78 is 48.5. The van der Waals surface area contributed by atoms with E-state index in [1.165, 1.54) is 19.2 Å². The Balaban J connectivity index is 2.14. The van der Waals surface area contributed by atoms with Gasteiger partial charge in [0.1, 0.15) is 12.3 Å². The molecule has 1 aromatic carbocycles. The number of hydrogen-bond acceptors (Lipinski definition) is 5. The number of hydrogen-bond donors (Lipinski definition) is 1. The Morgan fingerprint density at radius 2 is 2.04 bits per heavy atom. The predicted octanol–water partition coefficient (Wildman–Crippen LogP) is 3.12. The number of nitrogens with zero attached hydrogens (tertiary/aromatic N) is 2. The fourth-order valence-corrected chi connectivity index (χ4v) is 2.44. The molecule has 0 unspecified atom stereocenters. The lowest BCUT2D eigenvalue weighted by molar-refractivity contribution is -0.137. The average molecular weight is 399 g/mol. The second-order valence-electron chi connectivity index (χ2n) is 6.02. The highest BCUT2D eigenvalue weighted by atomic mass is 19.4. The zero-order valence-electron chi connectivity index (χ0n) is 15.4. The van der Waals surface area contributed by atoms with Crippen LogP contribution in [0.15, 0.2) is 34.9 Å². The largest absolute Gasteiger partial charge is 0.416 e. The molecule has 1 heterocycles. The molecule has 0 fully saturated rings. The standard InChI is InChI=1S/C18H20F3N3O4/c1-12-9-15(23-28-12)22-16(25)11-24(7-4-8-27-2)17(26)13-5-3-6-14(10-13)18(19,20)21/h3,5-6,9-10H,4,7-8,11H2,1-2H3,(H,22,23,25). The zero-order valence-corrected chi connectivity index (χ0v) is 15.4. The number of amides is 2. The third-order valence-corrected chi connectivity index (χ3v) is 3.73. The van der Waals surface area contributed by atoms with Gasteiger partial charge in [0.15, 0.2) is 5.82 Å². The number of methoxy groups -OCH3 is 1. The van der Waals surface area contributed by atoms with Gasteiger partial charge in [-0.2, -0.15) is 13.2 Å². The third kappa shape index (κ3) is 6.08. The van der Waals surface area contributed by atoms with Crippen molar-refractivity contribution in [2.24, 2.45) is 0 Å². The molecule has 2 aromatic rings. The summed E-state index contributed by atoms with van der Waals surface area (Å²) >= 11 is 0. The first-order valence-electron chi connectivity index (χ1n) is 8.39. The number of ether oxygens (including phenoxy) is 1. The number of aryl methyl sites for hydroxylation is 1. The average Bonchev–Trinajstić information content (AvgIpc) is 3.04. The molecule has 0 saturated heterocycles. The van der Waals surface area contributed by atoms with Gasteiger partial charge < -0.3 is 19.5 Å². The van der Waals surface area contributed by atoms with Crippen molar-refractivity contribution in [1.29, 1.82) is 0 Å². The van der Waals surface area contributed by atoms with Crippen LogP contribution in [0.3, 0.4) is 0 Å². The van der Waals surface area contributed by atoms with E-state index < -0.39 is 23.6 Å². The quantitative estimate of drug-likeness (QED) is 0.690. The van der Waals surface area contributed by atoms with Crippen LogP contribution < -0.4 is 5.32 Å². The van der Waals surface area contributed by atoms with Crippen molar-refractivity contribution in [1.82, 2.24) is 10.1 Å². The van der Waals surface area contributed by atoms with E-state index in [2.05, 4.69) is 10.5 Å². The number of benzene rings is 1. The van der Waals surface area contributed by atoms with E-state index in [-0.39, 0.29) is 24.5 Å². The first-order valence-corrected chi connectivity index (χ1v) is 8.39. The Hall–Kier alpha value is -2.88. The van der Waals surface area contributed by atoms with Crippen molar-refractivity contribution in [2.75, 3.05) is 32.1 Å². The number of alkyl halides is 3. The molecular formula is C18H20F3N3O4. The van der Waals surface area contributed by atoms with Gasteiger partial charge in [0.25, 0.3) is 5.91 Å². The van der Waals surface area contributed by atoms with Crippen molar-refractivity contribution in [3.05, 3.63) is 47.2 Å². The summed E-state index contributed by atoms with van der Waals surface area (Å²) in [6, 6.07) is 5.58. The predicted molar refractivity (Wildman–Crippen MR) is 93.7 cm³/mol. The molecule has 0 aliphatic rings. The summed E-state index contributed by atoms with van der Waals surface area (Å²) in [5.74, 6) is -0.558. The van der Waals surface area contributed by atoms with Crippen molar-refractivity contribution in [2.45, 2.75) is 19.5 Å². The second kappa shape index (κ2) is 9.36. The minimum atomic E-state index is -4.57. The summed E-state index contributed by atoms with van der Waals surface area (Å²) in [6.07, 6.45) is -4.16. The van der Waals surface area contributed by atoms with Crippen LogP contribution in [-0.4, -0.2) is 48.7 Å². The molecule has 1 N–H and O–H groups in total. The van der Waals surface area contributed by atoms with Crippen molar-refractivity contribution < 1.29 is 32.0 Å². The Bertz CT molecular complexity index is 820. The molecule has 10 heteroatoms. The van der Waals surface area contributed by atoms with Crippen molar-refractivity contribution >= 4 is 17.6 Å². The van der Waals surface area contributed by atoms with Gasteiger partial charge in [-0.15, -0.1) is 0 Å². The smallest absolute Gasteiger partial charge is 0.385 e. The van der Waals surface area contributed by atoms with Crippen LogP contribution in [0, 0.1) is 6.92 Å². The molecule has 0 atom stereocenters. The molecule has 0 aliphatic carbocycles. The van der Waals surface area contributed by atoms with Gasteiger partial charge in [-0.05, 0) is 31.5 Å². The van der Waals surface area contributed by atoms with Gasteiger partial charge in [-0.25, -0.2) is 0 Å². The highest BCUT2D eigenvalue weighted by molar-refractivity contribution is 5.99. The number of aromatic nitrogens is 1. The first-order chi connectivity index (χ1) is 13.2. The van der Waals surface area contributed by atoms with E-state index >= 15 is 0 Å². The highest BCUT2D eigenvalue weighted by Crippen LogP contribution is 2.29. The number of carbonyl (C=O) groups excluding carboxylic acids is 2. The second-order valence-corrected chi connectivity index (χ2v) is 6.02. The maximum absolute atomic E-state index is 12.9. The van der Waals surface area contributed by atoms with E-state index in [4.69, 9.17) is 9.26 Å². The summed E-state index contributed by atoms with van der Waals surface area (Å²) in [5.41, 5.74) is -1.09. The highest BCUT2D eigenvalue weighted by Gasteiger charge is 2.31. The third-order valence-electron chi connectivity index (χ3n) is 3.73. The SMILES string of the molecule is COCCCN(CC(=O)Nc1cc(C)on1)C(=O)c1cccc(C(F)(F)F)c1. The molecule has 0 saturated carbocycles. The van der Waals surface area contributed by atoms with E-state index in [0.29, 0.717) is 18.8 Å². The molecular weight excluding hydrogens is 379 g/mol. The molecule has 7 nitrogen and oxygen atoms in total. The molecule has 0 radical (unpaired) electrons. The lowest BCUT2D eigenvalue weighted by Crippen LogP contribution is -2.39. The summed E-state index contributed by atoms with van der Waals surface area (Å²) in [4.78, 5) is 26.1. The molecule has 1 aromatic heterocycles. The van der Waals surface area contributed by atoms with E-state index in [0.717, 1.165) is 23.1 Å². The number of anilines is 1. The molecule has 2 rings (SSSR count). The van der Waals surface area contributed by atoms with Crippen LogP contribution in [0.2, 0.25) is 0 Å². The number of carbonyl (C=O) groups is 2. The van der Waals surface area contributed by atoms with E-state index in [1.54, 1.807) is 6.92 Å². The fourth-order valence-electron chi connectivity index (χ4n) is 2.44. The lowest BCUT2D eigenvalue weighted by atomic mass is 10.1. The van der Waals surface area contributed by atoms with E-state index in [1.807, 2.05) is 0 Å². The summed E-state index contributed by atoms with van der Waals surface area (Å²) in [7, 11) is 1.48. The summed E-state index contributed by atoms with van der Waals surface area (Å²) in [5, 5.41) is 6.10. The minimum Gasteiger partial charge on any atom is -0.385 e. The van der Waals surface area contributed by atoms with Crippen molar-refractivity contribution in [3.63, 3.8) is 0 Å². The Morgan fingerprint density at radius 3 is 2.64 bits per heavy atom. The lowest BCUT2D eigenvalue weighted by Gasteiger charge is -2.22. The van der Waals surface area contributed by atoms with Gasteiger partial charge in [0.2, 0.25) is 5.91 Å². The van der Waals surface area contributed by atoms with Gasteiger partial charge in [0, 0.05) is 31.9 Å². The van der Waals surface area contributed by atoms with Crippen LogP contribution in [-0.2, 0) is 15.7 Å². The maximum atomic E-state index is 12.9. The molecule has 0 aliphatic heterocycles. The fraction of sp³-hybridized carbons (Fsp3) is 0.389. The Morgan fingerprint density at radius 1 is 1.29 bits per heavy atom. The van der Waals surface area contributed by atoms with Gasteiger partial charge in [-0.1, -0.05) is 11.2 Å². The molecule has 2 amide bonds. The van der Waals surface area contributed by atoms with Crippen molar-refractivity contribution in [3.8, 4) is 0 Å². The van der Waals surface area contributed by atoms with Crippen LogP contribution in [0.5, 0.6) is 0 Å². The van der Waals surface area contributed by atoms with Crippen LogP contribution in [0.25, 0.3) is 0 Å². The van der Waals surface area contributed by atoms with Crippen LogP contribution in [0.4, 0.5) is 19.0 Å². The van der Waals surface area contributed by atoms with Crippen LogP contribution in [0.1, 0.15) is 28.1 Å². The molecule has 0 spiro atoms. The topological polar surface area (TPSA) is 84.7 Å². The number of halogens is 3. The Kier molecular flexibility index (Phi) is 7.16. The normalized spacial score (nSPS) is 11.3. The van der Waals surface area contributed by atoms with Gasteiger partial charge >= 0.3 is 6.18 Å². The summed E-state index contributed by atoms with van der Waals surface area (Å²) in [6.45, 7) is 1.76. The first kappa shape index (κ1) is 21.4. The minimum absolute atomic E-state index is 0.133. The Labute approximate surface area is 159 Å².